The number of hydrazine groups is 1. The normalized spacial score (nSPS) is 10.5. The fraction of sp³-hybridized carbons (Fsp3) is 0.125. The number of nitrogens with one attached hydrogen (secondary N) is 1. The number of hydrogen-bond donors (Lipinski definition) is 2. The van der Waals surface area contributed by atoms with Crippen LogP contribution < -0.4 is 11.3 Å². The number of anilines is 1. The highest BCUT2D eigenvalue weighted by atomic mass is 16.4. The summed E-state index contributed by atoms with van der Waals surface area (Å²) in [6.07, 6.45) is 0. The van der Waals surface area contributed by atoms with E-state index in [0.29, 0.717) is 6.01 Å². The summed E-state index contributed by atoms with van der Waals surface area (Å²) in [4.78, 5) is 4.09. The molecule has 0 unspecified atom stereocenters. The standard InChI is InChI=1S/C8H9N3O/c1-5-2-3-7-6(4-5)10-8(11-9)12-7/h2-4H,9H2,1H3,(H,10,11). The Kier molecular flexibility index (Phi) is 1.48. The Morgan fingerprint density at radius 2 is 2.33 bits per heavy atom. The van der Waals surface area contributed by atoms with Crippen molar-refractivity contribution in [2.24, 2.45) is 5.84 Å². The zero-order valence-corrected chi connectivity index (χ0v) is 6.66. The smallest absolute Gasteiger partial charge is 0.310 e. The van der Waals surface area contributed by atoms with E-state index in [1.165, 1.54) is 0 Å². The number of fused-ring (bicyclic) bond motifs is 1. The number of benzene rings is 1. The Morgan fingerprint density at radius 1 is 1.50 bits per heavy atom. The topological polar surface area (TPSA) is 64.1 Å². The van der Waals surface area contributed by atoms with Crippen LogP contribution in [-0.4, -0.2) is 4.98 Å². The van der Waals surface area contributed by atoms with Crippen molar-refractivity contribution in [1.82, 2.24) is 4.98 Å². The average Bonchev–Trinajstić information content (AvgIpc) is 2.46. The summed E-state index contributed by atoms with van der Waals surface area (Å²) in [5.41, 5.74) is 5.08. The number of rotatable bonds is 1. The first-order chi connectivity index (χ1) is 5.79. The monoisotopic (exact) mass is 163 g/mol. The van der Waals surface area contributed by atoms with Crippen molar-refractivity contribution in [3.63, 3.8) is 0 Å². The highest BCUT2D eigenvalue weighted by Crippen LogP contribution is 2.18. The molecule has 0 aliphatic heterocycles. The SMILES string of the molecule is Cc1ccc2oc(NN)nc2c1. The van der Waals surface area contributed by atoms with Crippen molar-refractivity contribution < 1.29 is 4.42 Å². The highest BCUT2D eigenvalue weighted by Gasteiger charge is 2.02. The Labute approximate surface area is 69.4 Å². The molecule has 12 heavy (non-hydrogen) atoms. The van der Waals surface area contributed by atoms with Crippen molar-refractivity contribution in [2.45, 2.75) is 6.92 Å². The summed E-state index contributed by atoms with van der Waals surface area (Å²) in [7, 11) is 0. The fourth-order valence-electron chi connectivity index (χ4n) is 1.10. The summed E-state index contributed by atoms with van der Waals surface area (Å²) in [6, 6.07) is 6.13. The van der Waals surface area contributed by atoms with Crippen LogP contribution in [0.15, 0.2) is 22.6 Å². The first-order valence-corrected chi connectivity index (χ1v) is 3.63. The van der Waals surface area contributed by atoms with Gasteiger partial charge in [0.05, 0.1) is 0 Å². The van der Waals surface area contributed by atoms with E-state index in [9.17, 15) is 0 Å². The predicted octanol–water partition coefficient (Wildman–Crippen LogP) is 1.42. The van der Waals surface area contributed by atoms with Gasteiger partial charge in [-0.25, -0.2) is 5.84 Å². The van der Waals surface area contributed by atoms with Gasteiger partial charge in [-0.2, -0.15) is 4.98 Å². The lowest BCUT2D eigenvalue weighted by Crippen LogP contribution is -2.06. The number of hydrogen-bond acceptors (Lipinski definition) is 4. The van der Waals surface area contributed by atoms with Gasteiger partial charge in [-0.15, -0.1) is 0 Å². The van der Waals surface area contributed by atoms with E-state index in [1.807, 2.05) is 25.1 Å². The van der Waals surface area contributed by atoms with Gasteiger partial charge < -0.3 is 4.42 Å². The zero-order chi connectivity index (χ0) is 8.55. The number of nitrogens with zero attached hydrogens (tertiary/aromatic N) is 1. The quantitative estimate of drug-likeness (QED) is 0.493. The van der Waals surface area contributed by atoms with Crippen LogP contribution in [0.25, 0.3) is 11.1 Å². The summed E-state index contributed by atoms with van der Waals surface area (Å²) in [5.74, 6) is 5.15. The molecule has 0 saturated heterocycles. The van der Waals surface area contributed by atoms with Crippen LogP contribution in [0.2, 0.25) is 0 Å². The van der Waals surface area contributed by atoms with E-state index in [-0.39, 0.29) is 0 Å². The molecule has 1 heterocycles. The van der Waals surface area contributed by atoms with Crippen molar-refractivity contribution in [3.05, 3.63) is 23.8 Å². The van der Waals surface area contributed by atoms with E-state index in [4.69, 9.17) is 10.3 Å². The third-order valence-electron chi connectivity index (χ3n) is 1.67. The molecule has 0 bridgehead atoms. The molecule has 0 radical (unpaired) electrons. The van der Waals surface area contributed by atoms with Gasteiger partial charge in [0.2, 0.25) is 0 Å². The first kappa shape index (κ1) is 7.12. The molecular weight excluding hydrogens is 154 g/mol. The fourth-order valence-corrected chi connectivity index (χ4v) is 1.10. The number of oxazole rings is 1. The van der Waals surface area contributed by atoms with Gasteiger partial charge in [-0.05, 0) is 24.6 Å². The van der Waals surface area contributed by atoms with Crippen molar-refractivity contribution in [1.29, 1.82) is 0 Å². The molecule has 1 aromatic heterocycles. The molecule has 0 atom stereocenters. The lowest BCUT2D eigenvalue weighted by atomic mass is 10.2. The van der Waals surface area contributed by atoms with E-state index in [2.05, 4.69) is 10.4 Å². The predicted molar refractivity (Wildman–Crippen MR) is 46.6 cm³/mol. The molecule has 0 fully saturated rings. The summed E-state index contributed by atoms with van der Waals surface area (Å²) in [5, 5.41) is 0. The molecule has 0 spiro atoms. The second-order valence-electron chi connectivity index (χ2n) is 2.63. The number of aromatic nitrogens is 1. The Morgan fingerprint density at radius 3 is 3.08 bits per heavy atom. The first-order valence-electron chi connectivity index (χ1n) is 3.63. The molecule has 0 saturated carbocycles. The Hall–Kier alpha value is -1.55. The van der Waals surface area contributed by atoms with Crippen molar-refractivity contribution >= 4 is 17.1 Å². The summed E-state index contributed by atoms with van der Waals surface area (Å²) >= 11 is 0. The van der Waals surface area contributed by atoms with Gasteiger partial charge in [0.15, 0.2) is 5.58 Å². The molecular formula is C8H9N3O. The Bertz CT molecular complexity index is 408. The largest absolute Gasteiger partial charge is 0.423 e. The van der Waals surface area contributed by atoms with E-state index in [1.54, 1.807) is 0 Å². The molecule has 0 amide bonds. The highest BCUT2D eigenvalue weighted by molar-refractivity contribution is 5.75. The van der Waals surface area contributed by atoms with Gasteiger partial charge >= 0.3 is 6.01 Å². The molecule has 0 aliphatic carbocycles. The van der Waals surface area contributed by atoms with Gasteiger partial charge in [0, 0.05) is 0 Å². The van der Waals surface area contributed by atoms with E-state index in [0.717, 1.165) is 16.7 Å². The molecule has 3 N–H and O–H groups in total. The van der Waals surface area contributed by atoms with Gasteiger partial charge in [-0.3, -0.25) is 5.43 Å². The lowest BCUT2D eigenvalue weighted by molar-refractivity contribution is 0.617. The van der Waals surface area contributed by atoms with E-state index < -0.39 is 0 Å². The second-order valence-corrected chi connectivity index (χ2v) is 2.63. The van der Waals surface area contributed by atoms with E-state index >= 15 is 0 Å². The van der Waals surface area contributed by atoms with Crippen LogP contribution >= 0.6 is 0 Å². The third kappa shape index (κ3) is 1.02. The van der Waals surface area contributed by atoms with Crippen LogP contribution in [0.1, 0.15) is 5.56 Å². The number of nitrogen functional groups attached to an aromatic ring is 1. The molecule has 4 nitrogen and oxygen atoms in total. The molecule has 1 aromatic carbocycles. The molecule has 0 aliphatic rings. The number of nitrogens with two attached hydrogens (primary N) is 1. The Balaban J connectivity index is 2.67. The van der Waals surface area contributed by atoms with Gasteiger partial charge in [0.1, 0.15) is 5.52 Å². The van der Waals surface area contributed by atoms with Crippen LogP contribution in [0.4, 0.5) is 6.01 Å². The summed E-state index contributed by atoms with van der Waals surface area (Å²) in [6.45, 7) is 2.00. The average molecular weight is 163 g/mol. The lowest BCUT2D eigenvalue weighted by Gasteiger charge is -1.87. The molecule has 2 rings (SSSR count). The molecule has 2 aromatic rings. The second kappa shape index (κ2) is 2.49. The number of aryl methyl sites for hydroxylation is 1. The van der Waals surface area contributed by atoms with Gasteiger partial charge in [0.25, 0.3) is 0 Å². The minimum absolute atomic E-state index is 0.343. The third-order valence-corrected chi connectivity index (χ3v) is 1.67. The maximum Gasteiger partial charge on any atom is 0.310 e. The molecule has 62 valence electrons. The van der Waals surface area contributed by atoms with Crippen LogP contribution in [0.3, 0.4) is 0 Å². The minimum Gasteiger partial charge on any atom is -0.423 e. The maximum absolute atomic E-state index is 5.22. The maximum atomic E-state index is 5.22. The molecule has 4 heteroatoms. The minimum atomic E-state index is 0.343. The van der Waals surface area contributed by atoms with Gasteiger partial charge in [-0.1, -0.05) is 6.07 Å². The summed E-state index contributed by atoms with van der Waals surface area (Å²) < 4.78 is 5.22. The van der Waals surface area contributed by atoms with Crippen LogP contribution in [0, 0.1) is 6.92 Å². The van der Waals surface area contributed by atoms with Crippen molar-refractivity contribution in [2.75, 3.05) is 5.43 Å². The van der Waals surface area contributed by atoms with Crippen molar-refractivity contribution in [3.8, 4) is 0 Å². The zero-order valence-electron chi connectivity index (χ0n) is 6.66. The van der Waals surface area contributed by atoms with Crippen LogP contribution in [0.5, 0.6) is 0 Å². The van der Waals surface area contributed by atoms with Crippen LogP contribution in [-0.2, 0) is 0 Å².